The van der Waals surface area contributed by atoms with Crippen molar-refractivity contribution < 1.29 is 4.79 Å². The highest BCUT2D eigenvalue weighted by atomic mass is 16.1. The van der Waals surface area contributed by atoms with Gasteiger partial charge in [0.15, 0.2) is 0 Å². The zero-order chi connectivity index (χ0) is 9.14. The molecule has 0 heterocycles. The maximum absolute atomic E-state index is 10.8. The molecule has 0 spiro atoms. The third-order valence-corrected chi connectivity index (χ3v) is 1.64. The van der Waals surface area contributed by atoms with E-state index in [9.17, 15) is 4.79 Å². The number of benzene rings is 1. The van der Waals surface area contributed by atoms with Crippen LogP contribution in [0.25, 0.3) is 5.57 Å². The van der Waals surface area contributed by atoms with Crippen LogP contribution in [0.15, 0.2) is 30.8 Å². The number of hydrogen-bond acceptors (Lipinski definition) is 1. The summed E-state index contributed by atoms with van der Waals surface area (Å²) in [4.78, 5) is 10.8. The second-order valence-corrected chi connectivity index (χ2v) is 2.73. The summed E-state index contributed by atoms with van der Waals surface area (Å²) in [6.07, 6.45) is 0. The topological polar surface area (TPSA) is 43.1 Å². The van der Waals surface area contributed by atoms with E-state index in [1.54, 1.807) is 18.2 Å². The standard InChI is InChI=1S/C10H11NO/c1-7(2)8-4-3-5-9(6-8)10(11)12/h3-6H,1H2,2H3,(H2,11,12). The van der Waals surface area contributed by atoms with Crippen LogP contribution in [0.2, 0.25) is 0 Å². The summed E-state index contributed by atoms with van der Waals surface area (Å²) < 4.78 is 0. The number of amides is 1. The van der Waals surface area contributed by atoms with Crippen LogP contribution < -0.4 is 5.73 Å². The van der Waals surface area contributed by atoms with Crippen molar-refractivity contribution in [2.75, 3.05) is 0 Å². The van der Waals surface area contributed by atoms with Gasteiger partial charge in [0, 0.05) is 5.56 Å². The number of rotatable bonds is 2. The summed E-state index contributed by atoms with van der Waals surface area (Å²) in [5.74, 6) is -0.405. The lowest BCUT2D eigenvalue weighted by Gasteiger charge is -2.00. The quantitative estimate of drug-likeness (QED) is 0.706. The summed E-state index contributed by atoms with van der Waals surface area (Å²) in [5.41, 5.74) is 7.52. The molecule has 0 saturated heterocycles. The minimum atomic E-state index is -0.405. The van der Waals surface area contributed by atoms with Gasteiger partial charge in [-0.1, -0.05) is 24.3 Å². The van der Waals surface area contributed by atoms with Crippen LogP contribution in [0.5, 0.6) is 0 Å². The zero-order valence-electron chi connectivity index (χ0n) is 7.00. The molecule has 0 aromatic heterocycles. The molecule has 2 N–H and O–H groups in total. The lowest BCUT2D eigenvalue weighted by molar-refractivity contribution is 0.100. The Morgan fingerprint density at radius 3 is 2.50 bits per heavy atom. The lowest BCUT2D eigenvalue weighted by atomic mass is 10.1. The number of hydrogen-bond donors (Lipinski definition) is 1. The van der Waals surface area contributed by atoms with Gasteiger partial charge in [0.2, 0.25) is 5.91 Å². The first-order valence-electron chi connectivity index (χ1n) is 3.67. The number of allylic oxidation sites excluding steroid dienone is 1. The number of carbonyl (C=O) groups excluding carboxylic acids is 1. The average molecular weight is 161 g/mol. The SMILES string of the molecule is C=C(C)c1cccc(C(N)=O)c1. The van der Waals surface area contributed by atoms with Crippen LogP contribution in [0.4, 0.5) is 0 Å². The van der Waals surface area contributed by atoms with E-state index in [1.165, 1.54) is 0 Å². The van der Waals surface area contributed by atoms with Gasteiger partial charge >= 0.3 is 0 Å². The summed E-state index contributed by atoms with van der Waals surface area (Å²) >= 11 is 0. The fourth-order valence-electron chi connectivity index (χ4n) is 0.938. The van der Waals surface area contributed by atoms with Gasteiger partial charge in [-0.15, -0.1) is 0 Å². The molecule has 0 unspecified atom stereocenters. The largest absolute Gasteiger partial charge is 0.366 e. The van der Waals surface area contributed by atoms with Crippen LogP contribution in [0, 0.1) is 0 Å². The van der Waals surface area contributed by atoms with E-state index in [0.717, 1.165) is 11.1 Å². The van der Waals surface area contributed by atoms with E-state index in [4.69, 9.17) is 5.73 Å². The zero-order valence-corrected chi connectivity index (χ0v) is 7.00. The predicted octanol–water partition coefficient (Wildman–Crippen LogP) is 1.82. The fraction of sp³-hybridized carbons (Fsp3) is 0.100. The molecular weight excluding hydrogens is 150 g/mol. The number of nitrogens with two attached hydrogens (primary N) is 1. The van der Waals surface area contributed by atoms with Gasteiger partial charge in [-0.05, 0) is 24.6 Å². The smallest absolute Gasteiger partial charge is 0.248 e. The fourth-order valence-corrected chi connectivity index (χ4v) is 0.938. The molecule has 12 heavy (non-hydrogen) atoms. The van der Waals surface area contributed by atoms with Crippen LogP contribution in [-0.2, 0) is 0 Å². The molecule has 0 aliphatic rings. The average Bonchev–Trinajstić information content (AvgIpc) is 2.04. The van der Waals surface area contributed by atoms with Crippen molar-refractivity contribution in [2.45, 2.75) is 6.92 Å². The van der Waals surface area contributed by atoms with Crippen LogP contribution in [0.3, 0.4) is 0 Å². The monoisotopic (exact) mass is 161 g/mol. The molecule has 0 atom stereocenters. The predicted molar refractivity (Wildman–Crippen MR) is 49.7 cm³/mol. The van der Waals surface area contributed by atoms with Crippen molar-refractivity contribution in [3.63, 3.8) is 0 Å². The van der Waals surface area contributed by atoms with Crippen molar-refractivity contribution in [2.24, 2.45) is 5.73 Å². The maximum Gasteiger partial charge on any atom is 0.248 e. The minimum absolute atomic E-state index is 0.405. The molecule has 1 amide bonds. The van der Waals surface area contributed by atoms with E-state index in [-0.39, 0.29) is 0 Å². The minimum Gasteiger partial charge on any atom is -0.366 e. The Morgan fingerprint density at radius 1 is 1.42 bits per heavy atom. The third-order valence-electron chi connectivity index (χ3n) is 1.64. The normalized spacial score (nSPS) is 9.42. The van der Waals surface area contributed by atoms with E-state index in [2.05, 4.69) is 6.58 Å². The maximum atomic E-state index is 10.8. The van der Waals surface area contributed by atoms with Gasteiger partial charge in [-0.3, -0.25) is 4.79 Å². The first-order valence-corrected chi connectivity index (χ1v) is 3.67. The van der Waals surface area contributed by atoms with E-state index in [0.29, 0.717) is 5.56 Å². The summed E-state index contributed by atoms with van der Waals surface area (Å²) in [5, 5.41) is 0. The van der Waals surface area contributed by atoms with Gasteiger partial charge in [0.05, 0.1) is 0 Å². The van der Waals surface area contributed by atoms with Gasteiger partial charge in [-0.2, -0.15) is 0 Å². The van der Waals surface area contributed by atoms with E-state index in [1.807, 2.05) is 13.0 Å². The third kappa shape index (κ3) is 1.72. The molecule has 0 aliphatic heterocycles. The van der Waals surface area contributed by atoms with E-state index < -0.39 is 5.91 Å². The molecule has 0 radical (unpaired) electrons. The van der Waals surface area contributed by atoms with Crippen LogP contribution in [0.1, 0.15) is 22.8 Å². The van der Waals surface area contributed by atoms with Gasteiger partial charge < -0.3 is 5.73 Å². The molecule has 1 rings (SSSR count). The molecule has 0 bridgehead atoms. The van der Waals surface area contributed by atoms with Crippen molar-refractivity contribution in [3.05, 3.63) is 42.0 Å². The molecule has 0 saturated carbocycles. The molecule has 2 heteroatoms. The first-order chi connectivity index (χ1) is 5.61. The molecule has 0 aliphatic carbocycles. The van der Waals surface area contributed by atoms with Crippen molar-refractivity contribution in [3.8, 4) is 0 Å². The van der Waals surface area contributed by atoms with Crippen molar-refractivity contribution >= 4 is 11.5 Å². The highest BCUT2D eigenvalue weighted by Gasteiger charge is 2.00. The van der Waals surface area contributed by atoms with Crippen molar-refractivity contribution in [1.29, 1.82) is 0 Å². The Balaban J connectivity index is 3.12. The Kier molecular flexibility index (Phi) is 2.29. The molecule has 2 nitrogen and oxygen atoms in total. The van der Waals surface area contributed by atoms with Crippen LogP contribution in [-0.4, -0.2) is 5.91 Å². The van der Waals surface area contributed by atoms with Gasteiger partial charge in [-0.25, -0.2) is 0 Å². The summed E-state index contributed by atoms with van der Waals surface area (Å²) in [7, 11) is 0. The number of primary amides is 1. The lowest BCUT2D eigenvalue weighted by Crippen LogP contribution is -2.10. The molecule has 0 fully saturated rings. The van der Waals surface area contributed by atoms with Gasteiger partial charge in [0.1, 0.15) is 0 Å². The van der Waals surface area contributed by atoms with Crippen molar-refractivity contribution in [1.82, 2.24) is 0 Å². The Bertz CT molecular complexity index is 299. The Morgan fingerprint density at radius 2 is 2.00 bits per heavy atom. The molecule has 62 valence electrons. The second-order valence-electron chi connectivity index (χ2n) is 2.73. The second kappa shape index (κ2) is 3.22. The van der Waals surface area contributed by atoms with Gasteiger partial charge in [0.25, 0.3) is 0 Å². The summed E-state index contributed by atoms with van der Waals surface area (Å²) in [6.45, 7) is 5.66. The molecular formula is C10H11NO. The van der Waals surface area contributed by atoms with E-state index >= 15 is 0 Å². The number of carbonyl (C=O) groups is 1. The molecule has 1 aromatic carbocycles. The van der Waals surface area contributed by atoms with Crippen LogP contribution >= 0.6 is 0 Å². The Labute approximate surface area is 71.7 Å². The highest BCUT2D eigenvalue weighted by molar-refractivity contribution is 5.93. The highest BCUT2D eigenvalue weighted by Crippen LogP contribution is 2.12. The summed E-state index contributed by atoms with van der Waals surface area (Å²) in [6, 6.07) is 7.12. The first kappa shape index (κ1) is 8.53. The Hall–Kier alpha value is -1.57. The molecule has 1 aromatic rings.